The number of hydrogen-bond donors (Lipinski definition) is 2. The van der Waals surface area contributed by atoms with Crippen LogP contribution in [-0.4, -0.2) is 25.7 Å². The molecule has 8 heteroatoms. The van der Waals surface area contributed by atoms with Crippen LogP contribution in [-0.2, 0) is 10.0 Å². The molecule has 0 radical (unpaired) electrons. The first-order valence-corrected chi connectivity index (χ1v) is 8.34. The molecule has 17 heavy (non-hydrogen) atoms. The van der Waals surface area contributed by atoms with Gasteiger partial charge in [-0.1, -0.05) is 11.6 Å². The highest BCUT2D eigenvalue weighted by Gasteiger charge is 2.21. The third kappa shape index (κ3) is 4.50. The van der Waals surface area contributed by atoms with Crippen molar-refractivity contribution in [3.8, 4) is 0 Å². The van der Waals surface area contributed by atoms with Crippen molar-refractivity contribution in [1.82, 2.24) is 4.72 Å². The molecule has 2 atom stereocenters. The summed E-state index contributed by atoms with van der Waals surface area (Å²) in [4.78, 5) is 0. The molecule has 1 aromatic heterocycles. The number of rotatable bonds is 5. The van der Waals surface area contributed by atoms with E-state index in [0.717, 1.165) is 11.3 Å². The fourth-order valence-electron chi connectivity index (χ4n) is 1.34. The Labute approximate surface area is 118 Å². The summed E-state index contributed by atoms with van der Waals surface area (Å²) >= 11 is 10.0. The predicted octanol–water partition coefficient (Wildman–Crippen LogP) is 2.60. The number of nitrogens with one attached hydrogen (secondary N) is 1. The first kappa shape index (κ1) is 15.4. The molecule has 0 aromatic carbocycles. The Kier molecular flexibility index (Phi) is 5.42. The second-order valence-corrected chi connectivity index (χ2v) is 8.51. The molecule has 0 amide bonds. The molecule has 1 aromatic rings. The molecular formula is C9H13BrClNO3S2. The van der Waals surface area contributed by atoms with Crippen molar-refractivity contribution in [3.63, 3.8) is 0 Å². The smallest absolute Gasteiger partial charge is 0.250 e. The summed E-state index contributed by atoms with van der Waals surface area (Å²) in [7, 11) is -3.56. The number of sulfonamides is 1. The second kappa shape index (κ2) is 5.99. The normalized spacial score (nSPS) is 15.8. The minimum Gasteiger partial charge on any atom is -0.393 e. The minimum atomic E-state index is -3.56. The van der Waals surface area contributed by atoms with Gasteiger partial charge in [0.1, 0.15) is 4.21 Å². The van der Waals surface area contributed by atoms with E-state index >= 15 is 0 Å². The Bertz CT molecular complexity index is 467. The highest BCUT2D eigenvalue weighted by molar-refractivity contribution is 9.11. The molecule has 4 nitrogen and oxygen atoms in total. The van der Waals surface area contributed by atoms with Gasteiger partial charge in [0, 0.05) is 6.04 Å². The molecule has 0 fully saturated rings. The molecule has 0 aliphatic heterocycles. The Morgan fingerprint density at radius 3 is 2.59 bits per heavy atom. The van der Waals surface area contributed by atoms with Gasteiger partial charge in [0.25, 0.3) is 0 Å². The maximum Gasteiger partial charge on any atom is 0.250 e. The van der Waals surface area contributed by atoms with Crippen molar-refractivity contribution < 1.29 is 13.5 Å². The molecule has 1 heterocycles. The molecule has 0 aliphatic carbocycles. The second-order valence-electron chi connectivity index (χ2n) is 3.79. The lowest BCUT2D eigenvalue weighted by Gasteiger charge is -2.14. The summed E-state index contributed by atoms with van der Waals surface area (Å²) in [5, 5.41) is 9.55. The van der Waals surface area contributed by atoms with E-state index in [0.29, 0.717) is 15.2 Å². The van der Waals surface area contributed by atoms with Crippen LogP contribution in [0.25, 0.3) is 0 Å². The molecule has 0 saturated heterocycles. The summed E-state index contributed by atoms with van der Waals surface area (Å²) in [5.74, 6) is 0. The standard InChI is InChI=1S/C9H13BrClNO3S2/c1-5(3-6(2)13)12-17(14,15)8-4-7(11)9(10)16-8/h4-6,12-13H,3H2,1-2H3. The summed E-state index contributed by atoms with van der Waals surface area (Å²) in [6, 6.07) is 1.06. The average molecular weight is 363 g/mol. The maximum absolute atomic E-state index is 11.9. The fraction of sp³-hybridized carbons (Fsp3) is 0.556. The molecular weight excluding hydrogens is 350 g/mol. The van der Waals surface area contributed by atoms with Gasteiger partial charge in [-0.2, -0.15) is 0 Å². The van der Waals surface area contributed by atoms with E-state index < -0.39 is 16.1 Å². The van der Waals surface area contributed by atoms with Crippen LogP contribution in [0, 0.1) is 0 Å². The Balaban J connectivity index is 2.82. The van der Waals surface area contributed by atoms with E-state index in [2.05, 4.69) is 20.7 Å². The van der Waals surface area contributed by atoms with Gasteiger partial charge in [0.15, 0.2) is 0 Å². The van der Waals surface area contributed by atoms with Crippen LogP contribution in [0.3, 0.4) is 0 Å². The van der Waals surface area contributed by atoms with Crippen molar-refractivity contribution >= 4 is 48.9 Å². The lowest BCUT2D eigenvalue weighted by atomic mass is 10.2. The van der Waals surface area contributed by atoms with Crippen LogP contribution < -0.4 is 4.72 Å². The van der Waals surface area contributed by atoms with Crippen LogP contribution in [0.15, 0.2) is 14.1 Å². The van der Waals surface area contributed by atoms with E-state index in [1.165, 1.54) is 6.07 Å². The number of thiophene rings is 1. The van der Waals surface area contributed by atoms with E-state index in [4.69, 9.17) is 11.6 Å². The van der Waals surface area contributed by atoms with Gasteiger partial charge in [-0.15, -0.1) is 11.3 Å². The third-order valence-electron chi connectivity index (χ3n) is 1.94. The number of aliphatic hydroxyl groups excluding tert-OH is 1. The SMILES string of the molecule is CC(O)CC(C)NS(=O)(=O)c1cc(Cl)c(Br)s1. The van der Waals surface area contributed by atoms with E-state index in [1.807, 2.05) is 0 Å². The van der Waals surface area contributed by atoms with Gasteiger partial charge in [-0.3, -0.25) is 0 Å². The quantitative estimate of drug-likeness (QED) is 0.846. The summed E-state index contributed by atoms with van der Waals surface area (Å²) < 4.78 is 27.1. The van der Waals surface area contributed by atoms with Gasteiger partial charge >= 0.3 is 0 Å². The van der Waals surface area contributed by atoms with Gasteiger partial charge in [0.2, 0.25) is 10.0 Å². The number of aliphatic hydroxyl groups is 1. The molecule has 0 spiro atoms. The van der Waals surface area contributed by atoms with Gasteiger partial charge < -0.3 is 5.11 Å². The lowest BCUT2D eigenvalue weighted by molar-refractivity contribution is 0.175. The zero-order chi connectivity index (χ0) is 13.2. The van der Waals surface area contributed by atoms with Gasteiger partial charge in [-0.25, -0.2) is 13.1 Å². The topological polar surface area (TPSA) is 66.4 Å². The van der Waals surface area contributed by atoms with E-state index in [1.54, 1.807) is 13.8 Å². The van der Waals surface area contributed by atoms with Crippen LogP contribution in [0.2, 0.25) is 5.02 Å². The zero-order valence-electron chi connectivity index (χ0n) is 9.28. The van der Waals surface area contributed by atoms with Crippen molar-refractivity contribution in [1.29, 1.82) is 0 Å². The van der Waals surface area contributed by atoms with Gasteiger partial charge in [0.05, 0.1) is 14.9 Å². The summed E-state index contributed by atoms with van der Waals surface area (Å²) in [5.41, 5.74) is 0. The molecule has 2 N–H and O–H groups in total. The van der Waals surface area contributed by atoms with Crippen LogP contribution in [0.1, 0.15) is 20.3 Å². The molecule has 2 unspecified atom stereocenters. The summed E-state index contributed by atoms with van der Waals surface area (Å²) in [6.45, 7) is 3.32. The first-order valence-electron chi connectivity index (χ1n) is 4.87. The maximum atomic E-state index is 11.9. The average Bonchev–Trinajstić information content (AvgIpc) is 2.44. The van der Waals surface area contributed by atoms with Crippen molar-refractivity contribution in [2.45, 2.75) is 36.6 Å². The van der Waals surface area contributed by atoms with E-state index in [9.17, 15) is 13.5 Å². The molecule has 98 valence electrons. The highest BCUT2D eigenvalue weighted by Crippen LogP contribution is 2.34. The number of hydrogen-bond acceptors (Lipinski definition) is 4. The van der Waals surface area contributed by atoms with Crippen molar-refractivity contribution in [2.75, 3.05) is 0 Å². The first-order chi connectivity index (χ1) is 7.72. The minimum absolute atomic E-state index is 0.159. The Morgan fingerprint density at radius 2 is 2.18 bits per heavy atom. The fourth-order valence-corrected chi connectivity index (χ4v) is 5.01. The van der Waals surface area contributed by atoms with E-state index in [-0.39, 0.29) is 10.3 Å². The Hall–Kier alpha value is 0.340. The highest BCUT2D eigenvalue weighted by atomic mass is 79.9. The summed E-state index contributed by atoms with van der Waals surface area (Å²) in [6.07, 6.45) is -0.189. The zero-order valence-corrected chi connectivity index (χ0v) is 13.3. The molecule has 1 rings (SSSR count). The van der Waals surface area contributed by atoms with Crippen LogP contribution in [0.5, 0.6) is 0 Å². The van der Waals surface area contributed by atoms with Crippen LogP contribution in [0.4, 0.5) is 0 Å². The molecule has 0 saturated carbocycles. The Morgan fingerprint density at radius 1 is 1.59 bits per heavy atom. The molecule has 0 bridgehead atoms. The van der Waals surface area contributed by atoms with Gasteiger partial charge in [-0.05, 0) is 42.3 Å². The molecule has 0 aliphatic rings. The number of halogens is 2. The van der Waals surface area contributed by atoms with Crippen LogP contribution >= 0.6 is 38.9 Å². The van der Waals surface area contributed by atoms with Crippen molar-refractivity contribution in [3.05, 3.63) is 14.9 Å². The predicted molar refractivity (Wildman–Crippen MR) is 73.1 cm³/mol. The van der Waals surface area contributed by atoms with Crippen molar-refractivity contribution in [2.24, 2.45) is 0 Å². The monoisotopic (exact) mass is 361 g/mol. The third-order valence-corrected chi connectivity index (χ3v) is 6.48. The largest absolute Gasteiger partial charge is 0.393 e. The lowest BCUT2D eigenvalue weighted by Crippen LogP contribution is -2.34.